The minimum Gasteiger partial charge on any atom is -0.460 e. The van der Waals surface area contributed by atoms with Gasteiger partial charge in [0, 0.05) is 18.5 Å². The quantitative estimate of drug-likeness (QED) is 0.829. The van der Waals surface area contributed by atoms with E-state index in [1.165, 1.54) is 6.07 Å². The van der Waals surface area contributed by atoms with Crippen LogP contribution in [0, 0.1) is 5.82 Å². The molecule has 0 radical (unpaired) electrons. The van der Waals surface area contributed by atoms with Gasteiger partial charge in [0.15, 0.2) is 0 Å². The smallest absolute Gasteiger partial charge is 0.323 e. The summed E-state index contributed by atoms with van der Waals surface area (Å²) in [6, 6.07) is 5.82. The molecule has 1 aliphatic rings. The molecule has 0 spiro atoms. The average molecular weight is 275 g/mol. The van der Waals surface area contributed by atoms with E-state index in [2.05, 4.69) is 15.3 Å². The van der Waals surface area contributed by atoms with Gasteiger partial charge in [-0.25, -0.2) is 9.37 Å². The van der Waals surface area contributed by atoms with E-state index >= 15 is 0 Å². The number of halogens is 1. The van der Waals surface area contributed by atoms with Crippen LogP contribution in [0.15, 0.2) is 30.6 Å². The van der Waals surface area contributed by atoms with Crippen molar-refractivity contribution in [3.05, 3.63) is 53.4 Å². The molecule has 104 valence electrons. The van der Waals surface area contributed by atoms with Crippen molar-refractivity contribution < 1.29 is 13.9 Å². The zero-order valence-corrected chi connectivity index (χ0v) is 10.7. The maximum atomic E-state index is 13.4. The molecule has 6 heteroatoms. The Balaban J connectivity index is 1.59. The fourth-order valence-corrected chi connectivity index (χ4v) is 2.20. The summed E-state index contributed by atoms with van der Waals surface area (Å²) in [6.45, 7) is 0.492. The Morgan fingerprint density at radius 1 is 1.45 bits per heavy atom. The van der Waals surface area contributed by atoms with Gasteiger partial charge in [0.1, 0.15) is 18.5 Å². The fourth-order valence-electron chi connectivity index (χ4n) is 2.20. The third kappa shape index (κ3) is 2.55. The van der Waals surface area contributed by atoms with E-state index in [0.29, 0.717) is 18.5 Å². The number of carbonyl (C=O) groups excluding carboxylic acids is 1. The van der Waals surface area contributed by atoms with E-state index in [-0.39, 0.29) is 18.4 Å². The molecular formula is C14H14FN3O2. The van der Waals surface area contributed by atoms with Crippen LogP contribution in [0.2, 0.25) is 0 Å². The summed E-state index contributed by atoms with van der Waals surface area (Å²) >= 11 is 0. The normalized spacial score (nSPS) is 17.6. The van der Waals surface area contributed by atoms with Crippen LogP contribution in [0.1, 0.15) is 17.0 Å². The Morgan fingerprint density at radius 2 is 2.30 bits per heavy atom. The lowest BCUT2D eigenvalue weighted by atomic mass is 10.1. The van der Waals surface area contributed by atoms with Gasteiger partial charge in [-0.15, -0.1) is 0 Å². The number of imidazole rings is 1. The van der Waals surface area contributed by atoms with E-state index in [0.717, 1.165) is 11.4 Å². The Hall–Kier alpha value is -2.21. The van der Waals surface area contributed by atoms with Gasteiger partial charge in [-0.05, 0) is 6.07 Å². The molecule has 2 N–H and O–H groups in total. The van der Waals surface area contributed by atoms with E-state index in [1.807, 2.05) is 0 Å². The number of aromatic nitrogens is 2. The second kappa shape index (κ2) is 5.42. The van der Waals surface area contributed by atoms with Crippen LogP contribution >= 0.6 is 0 Å². The number of hydrogen-bond acceptors (Lipinski definition) is 4. The molecule has 1 atom stereocenters. The molecule has 2 heterocycles. The second-order valence-electron chi connectivity index (χ2n) is 4.66. The van der Waals surface area contributed by atoms with Crippen LogP contribution in [0.4, 0.5) is 4.39 Å². The third-order valence-corrected chi connectivity index (χ3v) is 3.34. The Bertz CT molecular complexity index is 626. The first-order valence-electron chi connectivity index (χ1n) is 6.38. The molecule has 0 bridgehead atoms. The minimum atomic E-state index is -0.433. The number of nitrogens with one attached hydrogen (secondary N) is 2. The fraction of sp³-hybridized carbons (Fsp3) is 0.286. The summed E-state index contributed by atoms with van der Waals surface area (Å²) < 4.78 is 18.6. The molecule has 0 saturated heterocycles. The van der Waals surface area contributed by atoms with Gasteiger partial charge in [0.2, 0.25) is 0 Å². The molecule has 0 aliphatic carbocycles. The molecule has 1 unspecified atom stereocenters. The lowest BCUT2D eigenvalue weighted by Gasteiger charge is -2.21. The van der Waals surface area contributed by atoms with Crippen LogP contribution in [-0.4, -0.2) is 22.0 Å². The summed E-state index contributed by atoms with van der Waals surface area (Å²) in [7, 11) is 0. The van der Waals surface area contributed by atoms with Crippen molar-refractivity contribution in [3.63, 3.8) is 0 Å². The average Bonchev–Trinajstić information content (AvgIpc) is 2.93. The minimum absolute atomic E-state index is 0.0584. The highest BCUT2D eigenvalue weighted by Crippen LogP contribution is 2.14. The highest BCUT2D eigenvalue weighted by Gasteiger charge is 2.27. The third-order valence-electron chi connectivity index (χ3n) is 3.34. The number of nitrogens with zero attached hydrogens (tertiary/aromatic N) is 1. The molecule has 5 nitrogen and oxygen atoms in total. The van der Waals surface area contributed by atoms with Crippen molar-refractivity contribution >= 4 is 5.97 Å². The van der Waals surface area contributed by atoms with E-state index in [1.54, 1.807) is 24.5 Å². The number of aromatic amines is 1. The predicted octanol–water partition coefficient (Wildman–Crippen LogP) is 1.31. The first-order valence-corrected chi connectivity index (χ1v) is 6.38. The van der Waals surface area contributed by atoms with Crippen molar-refractivity contribution in [1.82, 2.24) is 15.3 Å². The van der Waals surface area contributed by atoms with E-state index in [4.69, 9.17) is 4.74 Å². The summed E-state index contributed by atoms with van der Waals surface area (Å²) in [4.78, 5) is 19.1. The number of rotatable bonds is 3. The number of H-pyrrole nitrogens is 1. The zero-order chi connectivity index (χ0) is 13.9. The monoisotopic (exact) mass is 275 g/mol. The van der Waals surface area contributed by atoms with Crippen LogP contribution in [0.3, 0.4) is 0 Å². The van der Waals surface area contributed by atoms with Gasteiger partial charge < -0.3 is 9.72 Å². The summed E-state index contributed by atoms with van der Waals surface area (Å²) in [5.41, 5.74) is 2.23. The van der Waals surface area contributed by atoms with Crippen LogP contribution in [0.25, 0.3) is 0 Å². The molecule has 1 aliphatic heterocycles. The first kappa shape index (κ1) is 12.8. The standard InChI is InChI=1S/C14H14FN3O2/c15-10-4-2-1-3-9(10)7-20-14(19)12-5-11-13(6-16-12)18-8-17-11/h1-4,8,12,16H,5-7H2,(H,17,18). The summed E-state index contributed by atoms with van der Waals surface area (Å²) in [5.74, 6) is -0.756. The molecule has 0 amide bonds. The summed E-state index contributed by atoms with van der Waals surface area (Å²) in [5, 5.41) is 3.07. The Kier molecular flexibility index (Phi) is 3.47. The highest BCUT2D eigenvalue weighted by molar-refractivity contribution is 5.76. The largest absolute Gasteiger partial charge is 0.460 e. The second-order valence-corrected chi connectivity index (χ2v) is 4.66. The molecule has 1 aromatic heterocycles. The molecule has 0 saturated carbocycles. The van der Waals surface area contributed by atoms with Gasteiger partial charge in [0.25, 0.3) is 0 Å². The molecular weight excluding hydrogens is 261 g/mol. The Labute approximate surface area is 115 Å². The molecule has 0 fully saturated rings. The lowest BCUT2D eigenvalue weighted by molar-refractivity contribution is -0.147. The number of hydrogen-bond donors (Lipinski definition) is 2. The number of ether oxygens (including phenoxy) is 1. The van der Waals surface area contributed by atoms with Crippen molar-refractivity contribution in [3.8, 4) is 0 Å². The van der Waals surface area contributed by atoms with Gasteiger partial charge in [0.05, 0.1) is 17.7 Å². The van der Waals surface area contributed by atoms with Crippen molar-refractivity contribution in [2.45, 2.75) is 25.6 Å². The van der Waals surface area contributed by atoms with Crippen LogP contribution in [-0.2, 0) is 29.1 Å². The van der Waals surface area contributed by atoms with Gasteiger partial charge in [-0.2, -0.15) is 0 Å². The van der Waals surface area contributed by atoms with E-state index < -0.39 is 6.04 Å². The van der Waals surface area contributed by atoms with Crippen molar-refractivity contribution in [2.75, 3.05) is 0 Å². The first-order chi connectivity index (χ1) is 9.74. The van der Waals surface area contributed by atoms with Gasteiger partial charge in [-0.1, -0.05) is 18.2 Å². The lowest BCUT2D eigenvalue weighted by Crippen LogP contribution is -2.42. The maximum absolute atomic E-state index is 13.4. The maximum Gasteiger partial charge on any atom is 0.323 e. The summed E-state index contributed by atoms with van der Waals surface area (Å²) in [6.07, 6.45) is 2.09. The van der Waals surface area contributed by atoms with Crippen molar-refractivity contribution in [2.24, 2.45) is 0 Å². The van der Waals surface area contributed by atoms with Crippen LogP contribution < -0.4 is 5.32 Å². The van der Waals surface area contributed by atoms with Gasteiger partial charge in [-0.3, -0.25) is 10.1 Å². The molecule has 20 heavy (non-hydrogen) atoms. The zero-order valence-electron chi connectivity index (χ0n) is 10.7. The number of esters is 1. The number of benzene rings is 1. The number of carbonyl (C=O) groups is 1. The number of fused-ring (bicyclic) bond motifs is 1. The van der Waals surface area contributed by atoms with Crippen molar-refractivity contribution in [1.29, 1.82) is 0 Å². The predicted molar refractivity (Wildman–Crippen MR) is 69.1 cm³/mol. The molecule has 3 rings (SSSR count). The van der Waals surface area contributed by atoms with E-state index in [9.17, 15) is 9.18 Å². The topological polar surface area (TPSA) is 67.0 Å². The molecule has 2 aromatic rings. The van der Waals surface area contributed by atoms with Gasteiger partial charge >= 0.3 is 5.97 Å². The highest BCUT2D eigenvalue weighted by atomic mass is 19.1. The Morgan fingerprint density at radius 3 is 3.15 bits per heavy atom. The SMILES string of the molecule is O=C(OCc1ccccc1F)C1Cc2nc[nH]c2CN1. The molecule has 1 aromatic carbocycles. The van der Waals surface area contributed by atoms with Crippen LogP contribution in [0.5, 0.6) is 0 Å².